The molecule has 2 amide bonds. The summed E-state index contributed by atoms with van der Waals surface area (Å²) in [4.78, 5) is 38.7. The lowest BCUT2D eigenvalue weighted by atomic mass is 9.81. The van der Waals surface area contributed by atoms with Gasteiger partial charge in [-0.3, -0.25) is 9.59 Å². The molecule has 0 aromatic heterocycles. The summed E-state index contributed by atoms with van der Waals surface area (Å²) in [5.41, 5.74) is 3.22. The molecule has 4 rings (SSSR count). The quantitative estimate of drug-likeness (QED) is 0.610. The van der Waals surface area contributed by atoms with E-state index in [1.54, 1.807) is 11.8 Å². The van der Waals surface area contributed by atoms with Crippen molar-refractivity contribution in [3.8, 4) is 11.1 Å². The lowest BCUT2D eigenvalue weighted by molar-refractivity contribution is -0.149. The number of amides is 2. The van der Waals surface area contributed by atoms with Gasteiger partial charge in [-0.2, -0.15) is 0 Å². The molecule has 1 aliphatic carbocycles. The van der Waals surface area contributed by atoms with Crippen molar-refractivity contribution in [3.05, 3.63) is 59.7 Å². The Kier molecular flexibility index (Phi) is 6.62. The molecule has 35 heavy (non-hydrogen) atoms. The fourth-order valence-corrected chi connectivity index (χ4v) is 5.16. The van der Waals surface area contributed by atoms with E-state index in [1.165, 1.54) is 11.1 Å². The first-order valence-corrected chi connectivity index (χ1v) is 12.1. The Labute approximate surface area is 206 Å². The molecule has 2 aliphatic rings. The minimum absolute atomic E-state index is 0.0107. The molecular formula is C28H34N2O5. The summed E-state index contributed by atoms with van der Waals surface area (Å²) in [6.45, 7) is 8.51. The molecule has 0 saturated carbocycles. The molecule has 2 aromatic carbocycles. The third-order valence-corrected chi connectivity index (χ3v) is 7.63. The van der Waals surface area contributed by atoms with Gasteiger partial charge in [-0.05, 0) is 40.5 Å². The predicted molar refractivity (Wildman–Crippen MR) is 133 cm³/mol. The van der Waals surface area contributed by atoms with E-state index >= 15 is 0 Å². The third kappa shape index (κ3) is 4.90. The number of carbonyl (C=O) groups is 3. The summed E-state index contributed by atoms with van der Waals surface area (Å²) < 4.78 is 5.60. The van der Waals surface area contributed by atoms with E-state index < -0.39 is 22.9 Å². The number of carboxylic acids is 1. The van der Waals surface area contributed by atoms with Gasteiger partial charge in [0.05, 0.1) is 5.41 Å². The molecule has 0 spiro atoms. The van der Waals surface area contributed by atoms with E-state index in [1.807, 2.05) is 45.0 Å². The van der Waals surface area contributed by atoms with Crippen LogP contribution in [0.5, 0.6) is 0 Å². The lowest BCUT2D eigenvalue weighted by Crippen LogP contribution is -2.40. The number of hydrogen-bond acceptors (Lipinski definition) is 4. The maximum absolute atomic E-state index is 12.9. The smallest absolute Gasteiger partial charge is 0.407 e. The predicted octanol–water partition coefficient (Wildman–Crippen LogP) is 4.51. The molecule has 1 saturated heterocycles. The SMILES string of the molecule is CC1CN(C(=O)CC(C)(C)CNC(=O)OCC2c3ccccc3-c3ccccc32)CC1(C)C(=O)O. The Hall–Kier alpha value is -3.35. The Morgan fingerprint density at radius 2 is 1.66 bits per heavy atom. The zero-order valence-corrected chi connectivity index (χ0v) is 20.8. The molecule has 0 radical (unpaired) electrons. The van der Waals surface area contributed by atoms with E-state index in [2.05, 4.69) is 29.6 Å². The van der Waals surface area contributed by atoms with Crippen molar-refractivity contribution >= 4 is 18.0 Å². The highest BCUT2D eigenvalue weighted by molar-refractivity contribution is 5.81. The molecule has 2 atom stereocenters. The van der Waals surface area contributed by atoms with E-state index in [0.717, 1.165) is 11.1 Å². The minimum Gasteiger partial charge on any atom is -0.481 e. The number of rotatable bonds is 7. The normalized spacial score (nSPS) is 21.4. The lowest BCUT2D eigenvalue weighted by Gasteiger charge is -2.28. The van der Waals surface area contributed by atoms with Crippen LogP contribution >= 0.6 is 0 Å². The van der Waals surface area contributed by atoms with Crippen LogP contribution in [0.1, 0.15) is 51.2 Å². The van der Waals surface area contributed by atoms with E-state index in [0.29, 0.717) is 6.54 Å². The number of alkyl carbamates (subject to hydrolysis) is 1. The summed E-state index contributed by atoms with van der Waals surface area (Å²) in [5.74, 6) is -1.10. The highest BCUT2D eigenvalue weighted by Gasteiger charge is 2.48. The van der Waals surface area contributed by atoms with Gasteiger partial charge in [0.1, 0.15) is 6.61 Å². The van der Waals surface area contributed by atoms with Gasteiger partial charge < -0.3 is 20.1 Å². The van der Waals surface area contributed by atoms with Crippen molar-refractivity contribution in [1.82, 2.24) is 10.2 Å². The maximum atomic E-state index is 12.9. The highest BCUT2D eigenvalue weighted by atomic mass is 16.5. The molecule has 7 heteroatoms. The molecule has 0 bridgehead atoms. The molecule has 7 nitrogen and oxygen atoms in total. The third-order valence-electron chi connectivity index (χ3n) is 7.63. The zero-order valence-electron chi connectivity index (χ0n) is 20.8. The first-order valence-electron chi connectivity index (χ1n) is 12.1. The second-order valence-electron chi connectivity index (χ2n) is 10.9. The molecule has 186 valence electrons. The number of ether oxygens (including phenoxy) is 1. The Morgan fingerprint density at radius 1 is 1.09 bits per heavy atom. The van der Waals surface area contributed by atoms with Crippen molar-refractivity contribution in [2.75, 3.05) is 26.2 Å². The summed E-state index contributed by atoms with van der Waals surface area (Å²) in [6, 6.07) is 16.4. The Morgan fingerprint density at radius 3 is 2.20 bits per heavy atom. The van der Waals surface area contributed by atoms with Gasteiger partial charge in [0.25, 0.3) is 0 Å². The molecule has 2 aromatic rings. The van der Waals surface area contributed by atoms with Gasteiger partial charge in [-0.1, -0.05) is 69.3 Å². The molecular weight excluding hydrogens is 444 g/mol. The molecule has 2 N–H and O–H groups in total. The number of nitrogens with zero attached hydrogens (tertiary/aromatic N) is 1. The first-order chi connectivity index (χ1) is 16.5. The number of nitrogens with one attached hydrogen (secondary N) is 1. The number of carboxylic acid groups (broad SMARTS) is 1. The molecule has 1 fully saturated rings. The van der Waals surface area contributed by atoms with Crippen molar-refractivity contribution in [2.24, 2.45) is 16.7 Å². The van der Waals surface area contributed by atoms with Gasteiger partial charge in [0, 0.05) is 32.0 Å². The van der Waals surface area contributed by atoms with Crippen molar-refractivity contribution in [3.63, 3.8) is 0 Å². The zero-order chi connectivity index (χ0) is 25.4. The average Bonchev–Trinajstić information content (AvgIpc) is 3.31. The molecule has 2 unspecified atom stereocenters. The second-order valence-corrected chi connectivity index (χ2v) is 10.9. The standard InChI is InChI=1S/C28H34N2O5/c1-18-14-30(17-28(18,4)25(32)33)24(31)13-27(2,3)16-29-26(34)35-15-23-21-11-7-5-9-19(21)20-10-6-8-12-22(20)23/h5-12,18,23H,13-17H2,1-4H3,(H,29,34)(H,32,33). The molecule has 1 aliphatic heterocycles. The number of benzene rings is 2. The monoisotopic (exact) mass is 478 g/mol. The number of hydrogen-bond donors (Lipinski definition) is 2. The number of fused-ring (bicyclic) bond motifs is 3. The van der Waals surface area contributed by atoms with Crippen LogP contribution < -0.4 is 5.32 Å². The van der Waals surface area contributed by atoms with Crippen LogP contribution in [0.15, 0.2) is 48.5 Å². The Balaban J connectivity index is 1.30. The summed E-state index contributed by atoms with van der Waals surface area (Å²) in [6.07, 6.45) is -0.306. The largest absolute Gasteiger partial charge is 0.481 e. The van der Waals surface area contributed by atoms with Gasteiger partial charge in [0.2, 0.25) is 5.91 Å². The fourth-order valence-electron chi connectivity index (χ4n) is 5.16. The van der Waals surface area contributed by atoms with Crippen molar-refractivity contribution in [2.45, 2.75) is 40.0 Å². The van der Waals surface area contributed by atoms with Crippen LogP contribution in [0, 0.1) is 16.7 Å². The minimum atomic E-state index is -0.931. The second kappa shape index (κ2) is 9.36. The van der Waals surface area contributed by atoms with Crippen molar-refractivity contribution in [1.29, 1.82) is 0 Å². The van der Waals surface area contributed by atoms with Crippen molar-refractivity contribution < 1.29 is 24.2 Å². The van der Waals surface area contributed by atoms with E-state index in [-0.39, 0.29) is 43.9 Å². The van der Waals surface area contributed by atoms with Gasteiger partial charge in [-0.15, -0.1) is 0 Å². The van der Waals surface area contributed by atoms with Gasteiger partial charge >= 0.3 is 12.1 Å². The van der Waals surface area contributed by atoms with Crippen LogP contribution in [0.4, 0.5) is 4.79 Å². The van der Waals surface area contributed by atoms with Crippen LogP contribution in [-0.2, 0) is 14.3 Å². The van der Waals surface area contributed by atoms with E-state index in [4.69, 9.17) is 4.74 Å². The van der Waals surface area contributed by atoms with Gasteiger partial charge in [-0.25, -0.2) is 4.79 Å². The highest BCUT2D eigenvalue weighted by Crippen LogP contribution is 2.44. The topological polar surface area (TPSA) is 95.9 Å². The van der Waals surface area contributed by atoms with Crippen LogP contribution in [0.2, 0.25) is 0 Å². The Bertz CT molecular complexity index is 1100. The summed E-state index contributed by atoms with van der Waals surface area (Å²) >= 11 is 0. The van der Waals surface area contributed by atoms with Crippen LogP contribution in [-0.4, -0.2) is 54.2 Å². The van der Waals surface area contributed by atoms with Crippen LogP contribution in [0.3, 0.4) is 0 Å². The van der Waals surface area contributed by atoms with Gasteiger partial charge in [0.15, 0.2) is 0 Å². The first kappa shape index (κ1) is 24.8. The summed E-state index contributed by atoms with van der Waals surface area (Å²) in [7, 11) is 0. The molecule has 1 heterocycles. The van der Waals surface area contributed by atoms with E-state index in [9.17, 15) is 19.5 Å². The average molecular weight is 479 g/mol. The number of carbonyl (C=O) groups excluding carboxylic acids is 2. The fraction of sp³-hybridized carbons (Fsp3) is 0.464. The number of aliphatic carboxylic acids is 1. The van der Waals surface area contributed by atoms with Crippen LogP contribution in [0.25, 0.3) is 11.1 Å². The number of likely N-dealkylation sites (tertiary alicyclic amines) is 1. The maximum Gasteiger partial charge on any atom is 0.407 e. The summed E-state index contributed by atoms with van der Waals surface area (Å²) in [5, 5.41) is 12.4.